The molecule has 35 heavy (non-hydrogen) atoms. The molecule has 0 bridgehead atoms. The number of aromatic nitrogens is 5. The van der Waals surface area contributed by atoms with Crippen LogP contribution >= 0.6 is 0 Å². The second-order valence-corrected chi connectivity index (χ2v) is 9.61. The normalized spacial score (nSPS) is 19.8. The van der Waals surface area contributed by atoms with E-state index < -0.39 is 0 Å². The number of aryl methyl sites for hydroxylation is 2. The molecule has 1 saturated heterocycles. The van der Waals surface area contributed by atoms with Crippen molar-refractivity contribution in [2.45, 2.75) is 52.2 Å². The Bertz CT molecular complexity index is 1510. The highest BCUT2D eigenvalue weighted by molar-refractivity contribution is 5.75. The van der Waals surface area contributed by atoms with Gasteiger partial charge in [-0.3, -0.25) is 14.7 Å². The van der Waals surface area contributed by atoms with Crippen molar-refractivity contribution < 1.29 is 0 Å². The van der Waals surface area contributed by atoms with Gasteiger partial charge in [0, 0.05) is 50.5 Å². The summed E-state index contributed by atoms with van der Waals surface area (Å²) < 4.78 is 3.29. The summed E-state index contributed by atoms with van der Waals surface area (Å²) in [6, 6.07) is 10.8. The third-order valence-corrected chi connectivity index (χ3v) is 7.14. The van der Waals surface area contributed by atoms with Gasteiger partial charge in [-0.1, -0.05) is 6.07 Å². The number of nitrogens with zero attached hydrogens (tertiary/aromatic N) is 8. The van der Waals surface area contributed by atoms with Crippen LogP contribution in [0.15, 0.2) is 41.5 Å². The highest BCUT2D eigenvalue weighted by atomic mass is 16.1. The van der Waals surface area contributed by atoms with E-state index in [-0.39, 0.29) is 30.1 Å². The maximum absolute atomic E-state index is 12.7. The molecule has 9 heteroatoms. The van der Waals surface area contributed by atoms with Crippen LogP contribution in [0.1, 0.15) is 43.8 Å². The first-order chi connectivity index (χ1) is 16.8. The first-order valence-electron chi connectivity index (χ1n) is 12.0. The molecule has 3 aromatic heterocycles. The Labute approximate surface area is 204 Å². The fourth-order valence-electron chi connectivity index (χ4n) is 5.18. The van der Waals surface area contributed by atoms with Crippen molar-refractivity contribution in [1.82, 2.24) is 29.0 Å². The summed E-state index contributed by atoms with van der Waals surface area (Å²) in [5, 5.41) is 9.12. The minimum absolute atomic E-state index is 0.100. The van der Waals surface area contributed by atoms with Gasteiger partial charge in [-0.05, 0) is 45.4 Å². The van der Waals surface area contributed by atoms with Gasteiger partial charge < -0.3 is 4.90 Å². The van der Waals surface area contributed by atoms with E-state index >= 15 is 0 Å². The Morgan fingerprint density at radius 3 is 2.71 bits per heavy atom. The number of piperazine rings is 1. The molecule has 1 aliphatic heterocycles. The lowest BCUT2D eigenvalue weighted by Gasteiger charge is -2.47. The first kappa shape index (κ1) is 23.0. The number of rotatable bonds is 4. The molecule has 1 unspecified atom stereocenters. The number of nitriles is 1. The predicted molar refractivity (Wildman–Crippen MR) is 135 cm³/mol. The topological polar surface area (TPSA) is 95.3 Å². The summed E-state index contributed by atoms with van der Waals surface area (Å²) >= 11 is 0. The van der Waals surface area contributed by atoms with Crippen LogP contribution in [0.25, 0.3) is 16.7 Å². The lowest BCUT2D eigenvalue weighted by molar-refractivity contribution is 0.119. The van der Waals surface area contributed by atoms with Gasteiger partial charge >= 0.3 is 0 Å². The van der Waals surface area contributed by atoms with Gasteiger partial charge in [-0.2, -0.15) is 5.26 Å². The molecule has 180 valence electrons. The van der Waals surface area contributed by atoms with Crippen molar-refractivity contribution in [1.29, 1.82) is 5.26 Å². The molecular weight excluding hydrogens is 440 g/mol. The number of benzene rings is 1. The van der Waals surface area contributed by atoms with E-state index in [1.165, 1.54) is 10.2 Å². The number of fused-ring (bicyclic) bond motifs is 2. The average Bonchev–Trinajstić information content (AvgIpc) is 3.26. The molecule has 0 spiro atoms. The maximum atomic E-state index is 12.7. The Morgan fingerprint density at radius 2 is 1.94 bits per heavy atom. The third kappa shape index (κ3) is 4.04. The lowest BCUT2D eigenvalue weighted by atomic mass is 10.00. The van der Waals surface area contributed by atoms with Crippen LogP contribution in [-0.4, -0.2) is 54.2 Å². The molecular formula is C26H30N8O. The minimum atomic E-state index is -0.100. The van der Waals surface area contributed by atoms with Gasteiger partial charge in [0.05, 0.1) is 46.8 Å². The van der Waals surface area contributed by atoms with Crippen LogP contribution in [-0.2, 0) is 13.5 Å². The largest absolute Gasteiger partial charge is 0.363 e. The summed E-state index contributed by atoms with van der Waals surface area (Å²) in [6.45, 7) is 10.2. The number of imidazole rings is 1. The van der Waals surface area contributed by atoms with E-state index in [9.17, 15) is 4.79 Å². The maximum Gasteiger partial charge on any atom is 0.267 e. The summed E-state index contributed by atoms with van der Waals surface area (Å²) in [5.41, 5.74) is 6.05. The molecule has 1 aromatic carbocycles. The van der Waals surface area contributed by atoms with E-state index in [0.29, 0.717) is 11.3 Å². The molecule has 9 nitrogen and oxygen atoms in total. The molecule has 3 atom stereocenters. The second kappa shape index (κ2) is 8.78. The first-order valence-corrected chi connectivity index (χ1v) is 12.0. The fraction of sp³-hybridized carbons (Fsp3) is 0.423. The van der Waals surface area contributed by atoms with Crippen molar-refractivity contribution in [2.24, 2.45) is 7.05 Å². The van der Waals surface area contributed by atoms with Crippen molar-refractivity contribution >= 4 is 22.4 Å². The molecule has 0 radical (unpaired) electrons. The highest BCUT2D eigenvalue weighted by Gasteiger charge is 2.34. The van der Waals surface area contributed by atoms with Crippen molar-refractivity contribution in [2.75, 3.05) is 18.0 Å². The molecule has 1 fully saturated rings. The zero-order valence-corrected chi connectivity index (χ0v) is 20.8. The molecule has 0 aliphatic carbocycles. The summed E-state index contributed by atoms with van der Waals surface area (Å²) in [5.74, 6) is 0. The van der Waals surface area contributed by atoms with Gasteiger partial charge in [0.1, 0.15) is 0 Å². The smallest absolute Gasteiger partial charge is 0.267 e. The molecule has 5 rings (SSSR count). The van der Waals surface area contributed by atoms with Crippen LogP contribution in [0.4, 0.5) is 5.69 Å². The zero-order chi connectivity index (χ0) is 24.9. The standard InChI is InChI=1S/C26H30N8O/c1-16-12-28-22-7-6-20(10-23(22)29-16)19(4)32-13-18(3)33(14-17(32)2)24-11-25(35)31(5)34-15-21(8-9-27)30-26(24)34/h6-7,10-12,15,17-19H,8,13-14H2,1-5H3/t17-,18+,19?/m1/s1. The SMILES string of the molecule is Cc1cnc2ccc(C(C)N3C[C@H](C)N(c4cc(=O)n(C)n5cc(CC#N)nc45)C[C@H]3C)cc2n1. The zero-order valence-electron chi connectivity index (χ0n) is 20.8. The highest BCUT2D eigenvalue weighted by Crippen LogP contribution is 2.32. The number of hydrogen-bond donors (Lipinski definition) is 0. The Morgan fingerprint density at radius 1 is 1.14 bits per heavy atom. The minimum Gasteiger partial charge on any atom is -0.363 e. The number of hydrogen-bond acceptors (Lipinski definition) is 7. The van der Waals surface area contributed by atoms with Crippen LogP contribution in [0.5, 0.6) is 0 Å². The van der Waals surface area contributed by atoms with Crippen LogP contribution < -0.4 is 10.5 Å². The van der Waals surface area contributed by atoms with Crippen LogP contribution in [0.3, 0.4) is 0 Å². The van der Waals surface area contributed by atoms with E-state index in [4.69, 9.17) is 5.26 Å². The molecule has 0 N–H and O–H groups in total. The van der Waals surface area contributed by atoms with Gasteiger partial charge in [-0.25, -0.2) is 19.2 Å². The van der Waals surface area contributed by atoms with Gasteiger partial charge in [-0.15, -0.1) is 0 Å². The quantitative estimate of drug-likeness (QED) is 0.452. The predicted octanol–water partition coefficient (Wildman–Crippen LogP) is 3.01. The molecule has 0 amide bonds. The fourth-order valence-corrected chi connectivity index (χ4v) is 5.18. The van der Waals surface area contributed by atoms with E-state index in [1.807, 2.05) is 13.0 Å². The lowest BCUT2D eigenvalue weighted by Crippen LogP contribution is -2.57. The summed E-state index contributed by atoms with van der Waals surface area (Å²) in [7, 11) is 1.72. The Hall–Kier alpha value is -3.77. The second-order valence-electron chi connectivity index (χ2n) is 9.61. The Kier molecular flexibility index (Phi) is 5.77. The third-order valence-electron chi connectivity index (χ3n) is 7.14. The van der Waals surface area contributed by atoms with Crippen molar-refractivity contribution in [3.05, 3.63) is 64.0 Å². The van der Waals surface area contributed by atoms with Gasteiger partial charge in [0.25, 0.3) is 5.56 Å². The van der Waals surface area contributed by atoms with Crippen molar-refractivity contribution in [3.63, 3.8) is 0 Å². The summed E-state index contributed by atoms with van der Waals surface area (Å²) in [6.07, 6.45) is 3.79. The Balaban J connectivity index is 1.45. The molecule has 1 aliphatic rings. The average molecular weight is 471 g/mol. The summed E-state index contributed by atoms with van der Waals surface area (Å²) in [4.78, 5) is 31.4. The molecule has 4 heterocycles. The number of anilines is 1. The van der Waals surface area contributed by atoms with Gasteiger partial charge in [0.2, 0.25) is 0 Å². The monoisotopic (exact) mass is 470 g/mol. The molecule has 0 saturated carbocycles. The van der Waals surface area contributed by atoms with E-state index in [1.54, 1.807) is 30.0 Å². The van der Waals surface area contributed by atoms with E-state index in [2.05, 4.69) is 63.7 Å². The van der Waals surface area contributed by atoms with Crippen LogP contribution in [0.2, 0.25) is 0 Å². The molecule has 4 aromatic rings. The van der Waals surface area contributed by atoms with Gasteiger partial charge in [0.15, 0.2) is 5.65 Å². The van der Waals surface area contributed by atoms with Crippen molar-refractivity contribution in [3.8, 4) is 6.07 Å². The van der Waals surface area contributed by atoms with E-state index in [0.717, 1.165) is 35.5 Å². The van der Waals surface area contributed by atoms with Crippen LogP contribution in [0, 0.1) is 18.3 Å².